The molecule has 0 fully saturated rings. The van der Waals surface area contributed by atoms with E-state index >= 15 is 0 Å². The summed E-state index contributed by atoms with van der Waals surface area (Å²) in [6, 6.07) is 4.39. The number of hydrogen-bond acceptors (Lipinski definition) is 4. The first-order valence-corrected chi connectivity index (χ1v) is 9.24. The molecule has 0 bridgehead atoms. The molecule has 1 aromatic carbocycles. The molecule has 0 saturated heterocycles. The fourth-order valence-electron chi connectivity index (χ4n) is 1.80. The van der Waals surface area contributed by atoms with Gasteiger partial charge in [-0.25, -0.2) is 18.1 Å². The Kier molecular flexibility index (Phi) is 5.18. The van der Waals surface area contributed by atoms with Crippen molar-refractivity contribution in [2.45, 2.75) is 24.1 Å². The van der Waals surface area contributed by atoms with Gasteiger partial charge in [-0.15, -0.1) is 0 Å². The van der Waals surface area contributed by atoms with Crippen molar-refractivity contribution in [1.29, 1.82) is 0 Å². The van der Waals surface area contributed by atoms with Gasteiger partial charge in [0.05, 0.1) is 5.69 Å². The Balaban J connectivity index is 2.30. The standard InChI is InChI=1S/C12H11Cl3N2O2S2/c1-6(9-4-3-8(13)5-10(9)14)17-21(18,19)11-7(2)16-12(15)20-11/h3-6,17H,1-2H3. The monoisotopic (exact) mass is 384 g/mol. The maximum Gasteiger partial charge on any atom is 0.252 e. The first kappa shape index (κ1) is 17.0. The number of aromatic nitrogens is 1. The highest BCUT2D eigenvalue weighted by Crippen LogP contribution is 2.30. The molecule has 114 valence electrons. The van der Waals surface area contributed by atoms with Crippen molar-refractivity contribution < 1.29 is 8.42 Å². The average molecular weight is 386 g/mol. The largest absolute Gasteiger partial charge is 0.252 e. The van der Waals surface area contributed by atoms with Gasteiger partial charge in [0, 0.05) is 16.1 Å². The SMILES string of the molecule is Cc1nc(Cl)sc1S(=O)(=O)NC(C)c1ccc(Cl)cc1Cl. The van der Waals surface area contributed by atoms with Crippen LogP contribution in [0, 0.1) is 6.92 Å². The molecule has 1 N–H and O–H groups in total. The lowest BCUT2D eigenvalue weighted by molar-refractivity contribution is 0.568. The van der Waals surface area contributed by atoms with Crippen LogP contribution in [-0.4, -0.2) is 13.4 Å². The van der Waals surface area contributed by atoms with Gasteiger partial charge in [-0.1, -0.05) is 52.2 Å². The number of hydrogen-bond donors (Lipinski definition) is 1. The second-order valence-corrected chi connectivity index (χ2v) is 8.68. The summed E-state index contributed by atoms with van der Waals surface area (Å²) in [5.74, 6) is 0. The van der Waals surface area contributed by atoms with Gasteiger partial charge in [0.25, 0.3) is 10.0 Å². The molecule has 9 heteroatoms. The van der Waals surface area contributed by atoms with E-state index in [1.807, 2.05) is 0 Å². The molecule has 0 saturated carbocycles. The minimum Gasteiger partial charge on any atom is -0.229 e. The molecular weight excluding hydrogens is 375 g/mol. The van der Waals surface area contributed by atoms with Gasteiger partial charge in [0.1, 0.15) is 0 Å². The van der Waals surface area contributed by atoms with Crippen LogP contribution in [-0.2, 0) is 10.0 Å². The van der Waals surface area contributed by atoms with Crippen molar-refractivity contribution in [3.8, 4) is 0 Å². The van der Waals surface area contributed by atoms with E-state index in [0.717, 1.165) is 11.3 Å². The van der Waals surface area contributed by atoms with Crippen LogP contribution in [0.4, 0.5) is 0 Å². The molecule has 0 aliphatic carbocycles. The molecule has 21 heavy (non-hydrogen) atoms. The summed E-state index contributed by atoms with van der Waals surface area (Å²) in [4.78, 5) is 3.91. The molecule has 0 aliphatic rings. The zero-order valence-corrected chi connectivity index (χ0v) is 14.9. The Morgan fingerprint density at radius 3 is 2.48 bits per heavy atom. The number of nitrogens with zero attached hydrogens (tertiary/aromatic N) is 1. The summed E-state index contributed by atoms with van der Waals surface area (Å²) in [6.45, 7) is 3.29. The second kappa shape index (κ2) is 6.40. The molecule has 1 heterocycles. The number of thiazole rings is 1. The zero-order valence-electron chi connectivity index (χ0n) is 11.0. The third-order valence-electron chi connectivity index (χ3n) is 2.73. The van der Waals surface area contributed by atoms with Crippen LogP contribution < -0.4 is 4.72 Å². The minimum absolute atomic E-state index is 0.101. The summed E-state index contributed by atoms with van der Waals surface area (Å²) >= 11 is 18.6. The van der Waals surface area contributed by atoms with Crippen LogP contribution in [0.3, 0.4) is 0 Å². The number of aryl methyl sites for hydroxylation is 1. The molecular formula is C12H11Cl3N2O2S2. The van der Waals surface area contributed by atoms with E-state index in [0.29, 0.717) is 21.3 Å². The van der Waals surface area contributed by atoms with Crippen molar-refractivity contribution in [3.63, 3.8) is 0 Å². The fraction of sp³-hybridized carbons (Fsp3) is 0.250. The number of halogens is 3. The van der Waals surface area contributed by atoms with Crippen LogP contribution in [0.5, 0.6) is 0 Å². The summed E-state index contributed by atoms with van der Waals surface area (Å²) in [6.07, 6.45) is 0. The molecule has 0 spiro atoms. The third kappa shape index (κ3) is 3.88. The molecule has 1 unspecified atom stereocenters. The summed E-state index contributed by atoms with van der Waals surface area (Å²) in [7, 11) is -3.71. The number of nitrogens with one attached hydrogen (secondary N) is 1. The van der Waals surface area contributed by atoms with Crippen LogP contribution in [0.1, 0.15) is 24.2 Å². The maximum atomic E-state index is 12.4. The molecule has 1 atom stereocenters. The highest BCUT2D eigenvalue weighted by Gasteiger charge is 2.24. The van der Waals surface area contributed by atoms with Gasteiger partial charge in [-0.3, -0.25) is 0 Å². The van der Waals surface area contributed by atoms with Crippen molar-refractivity contribution in [3.05, 3.63) is 44.0 Å². The lowest BCUT2D eigenvalue weighted by Crippen LogP contribution is -2.27. The average Bonchev–Trinajstić information content (AvgIpc) is 2.68. The van der Waals surface area contributed by atoms with Gasteiger partial charge in [0.2, 0.25) is 0 Å². The predicted octanol–water partition coefficient (Wildman–Crippen LogP) is 4.45. The van der Waals surface area contributed by atoms with Crippen molar-refractivity contribution in [2.75, 3.05) is 0 Å². The Bertz CT molecular complexity index is 775. The molecule has 2 rings (SSSR count). The normalized spacial score (nSPS) is 13.4. The second-order valence-electron chi connectivity index (χ2n) is 4.35. The van der Waals surface area contributed by atoms with Crippen molar-refractivity contribution in [2.24, 2.45) is 0 Å². The number of sulfonamides is 1. The fourth-order valence-corrected chi connectivity index (χ4v) is 5.35. The minimum atomic E-state index is -3.71. The maximum absolute atomic E-state index is 12.4. The Labute approximate surface area is 142 Å². The van der Waals surface area contributed by atoms with E-state index in [9.17, 15) is 8.42 Å². The van der Waals surface area contributed by atoms with Gasteiger partial charge < -0.3 is 0 Å². The third-order valence-corrected chi connectivity index (χ3v) is 6.71. The van der Waals surface area contributed by atoms with E-state index in [4.69, 9.17) is 34.8 Å². The summed E-state index contributed by atoms with van der Waals surface area (Å²) < 4.78 is 27.6. The number of benzene rings is 1. The highest BCUT2D eigenvalue weighted by atomic mass is 35.5. The highest BCUT2D eigenvalue weighted by molar-refractivity contribution is 7.91. The summed E-state index contributed by atoms with van der Waals surface area (Å²) in [5, 5.41) is 0.889. The zero-order chi connectivity index (χ0) is 15.8. The van der Waals surface area contributed by atoms with Crippen LogP contribution in [0.15, 0.2) is 22.4 Å². The van der Waals surface area contributed by atoms with E-state index in [-0.39, 0.29) is 8.68 Å². The molecule has 0 radical (unpaired) electrons. The number of rotatable bonds is 4. The lowest BCUT2D eigenvalue weighted by atomic mass is 10.1. The van der Waals surface area contributed by atoms with E-state index in [2.05, 4.69) is 9.71 Å². The van der Waals surface area contributed by atoms with Crippen LogP contribution in [0.25, 0.3) is 0 Å². The smallest absolute Gasteiger partial charge is 0.229 e. The van der Waals surface area contributed by atoms with Crippen LogP contribution in [0.2, 0.25) is 14.5 Å². The Morgan fingerprint density at radius 1 is 1.29 bits per heavy atom. The van der Waals surface area contributed by atoms with Gasteiger partial charge in [0.15, 0.2) is 8.68 Å². The predicted molar refractivity (Wildman–Crippen MR) is 87.1 cm³/mol. The quantitative estimate of drug-likeness (QED) is 0.845. The lowest BCUT2D eigenvalue weighted by Gasteiger charge is -2.15. The summed E-state index contributed by atoms with van der Waals surface area (Å²) in [5.41, 5.74) is 1.00. The topological polar surface area (TPSA) is 59.1 Å². The molecule has 2 aromatic rings. The van der Waals surface area contributed by atoms with E-state index in [1.165, 1.54) is 0 Å². The van der Waals surface area contributed by atoms with Gasteiger partial charge in [-0.2, -0.15) is 0 Å². The molecule has 4 nitrogen and oxygen atoms in total. The van der Waals surface area contributed by atoms with Crippen molar-refractivity contribution in [1.82, 2.24) is 9.71 Å². The Hall–Kier alpha value is -0.370. The van der Waals surface area contributed by atoms with Gasteiger partial charge in [-0.05, 0) is 31.5 Å². The van der Waals surface area contributed by atoms with E-state index < -0.39 is 16.1 Å². The van der Waals surface area contributed by atoms with Gasteiger partial charge >= 0.3 is 0 Å². The van der Waals surface area contributed by atoms with Crippen molar-refractivity contribution >= 4 is 56.2 Å². The Morgan fingerprint density at radius 2 is 1.95 bits per heavy atom. The molecule has 0 amide bonds. The molecule has 0 aliphatic heterocycles. The van der Waals surface area contributed by atoms with Crippen LogP contribution >= 0.6 is 46.1 Å². The first-order chi connectivity index (χ1) is 9.70. The first-order valence-electron chi connectivity index (χ1n) is 5.81. The molecule has 1 aromatic heterocycles. The van der Waals surface area contributed by atoms with E-state index in [1.54, 1.807) is 32.0 Å².